The molecule has 1 aromatic heterocycles. The quantitative estimate of drug-likeness (QED) is 0.614. The van der Waals surface area contributed by atoms with Crippen LogP contribution in [-0.4, -0.2) is 27.5 Å². The summed E-state index contributed by atoms with van der Waals surface area (Å²) in [6.07, 6.45) is 3.49. The first-order chi connectivity index (χ1) is 11.2. The number of rotatable bonds is 3. The molecular weight excluding hydrogens is 330 g/mol. The summed E-state index contributed by atoms with van der Waals surface area (Å²) < 4.78 is 0. The van der Waals surface area contributed by atoms with E-state index in [1.165, 1.54) is 11.8 Å². The number of aromatic nitrogens is 1. The van der Waals surface area contributed by atoms with E-state index in [0.29, 0.717) is 27.5 Å². The standard InChI is InChI=1S/C17H14ClN3OS/c1-2-21-16(22)14(11-12-7-4-3-5-8-12)23-17(21)20-13-9-6-10-19-15(13)18/h3-11H,2H2,1H3/b14-11-,20-17?. The molecule has 0 saturated carbocycles. The van der Waals surface area contributed by atoms with E-state index in [1.807, 2.05) is 43.3 Å². The van der Waals surface area contributed by atoms with Crippen LogP contribution in [0.1, 0.15) is 12.5 Å². The van der Waals surface area contributed by atoms with Gasteiger partial charge in [0, 0.05) is 12.7 Å². The molecular formula is C17H14ClN3OS. The lowest BCUT2D eigenvalue weighted by atomic mass is 10.2. The van der Waals surface area contributed by atoms with Gasteiger partial charge in [0.2, 0.25) is 0 Å². The van der Waals surface area contributed by atoms with Gasteiger partial charge in [-0.3, -0.25) is 9.69 Å². The Morgan fingerprint density at radius 2 is 2.04 bits per heavy atom. The molecule has 2 aromatic rings. The Balaban J connectivity index is 1.95. The highest BCUT2D eigenvalue weighted by Gasteiger charge is 2.32. The third kappa shape index (κ3) is 3.46. The fraction of sp³-hybridized carbons (Fsp3) is 0.118. The van der Waals surface area contributed by atoms with E-state index in [0.717, 1.165) is 5.56 Å². The van der Waals surface area contributed by atoms with Crippen molar-refractivity contribution in [3.05, 3.63) is 64.3 Å². The topological polar surface area (TPSA) is 45.6 Å². The van der Waals surface area contributed by atoms with E-state index in [2.05, 4.69) is 9.98 Å². The third-order valence-electron chi connectivity index (χ3n) is 3.26. The molecule has 0 spiro atoms. The number of carbonyl (C=O) groups is 1. The Bertz CT molecular complexity index is 789. The van der Waals surface area contributed by atoms with E-state index < -0.39 is 0 Å². The number of halogens is 1. The van der Waals surface area contributed by atoms with Crippen LogP contribution >= 0.6 is 23.4 Å². The number of carbonyl (C=O) groups excluding carboxylic acids is 1. The predicted octanol–water partition coefficient (Wildman–Crippen LogP) is 4.36. The van der Waals surface area contributed by atoms with Crippen molar-refractivity contribution in [3.63, 3.8) is 0 Å². The lowest BCUT2D eigenvalue weighted by Crippen LogP contribution is -2.28. The molecule has 0 radical (unpaired) electrons. The molecule has 0 unspecified atom stereocenters. The molecule has 0 atom stereocenters. The number of hydrogen-bond acceptors (Lipinski definition) is 4. The maximum absolute atomic E-state index is 12.5. The molecule has 0 aliphatic carbocycles. The van der Waals surface area contributed by atoms with E-state index in [4.69, 9.17) is 11.6 Å². The zero-order valence-corrected chi connectivity index (χ0v) is 14.0. The van der Waals surface area contributed by atoms with Gasteiger partial charge in [0.15, 0.2) is 10.3 Å². The number of benzene rings is 1. The second-order valence-corrected chi connectivity index (χ2v) is 6.15. The van der Waals surface area contributed by atoms with Crippen LogP contribution in [-0.2, 0) is 4.79 Å². The fourth-order valence-electron chi connectivity index (χ4n) is 2.13. The SMILES string of the molecule is CCN1C(=O)/C(=C/c2ccccc2)SC1=Nc1cccnc1Cl. The Morgan fingerprint density at radius 1 is 1.26 bits per heavy atom. The zero-order chi connectivity index (χ0) is 16.2. The number of pyridine rings is 1. The fourth-order valence-corrected chi connectivity index (χ4v) is 3.35. The second-order valence-electron chi connectivity index (χ2n) is 4.78. The number of likely N-dealkylation sites (N-methyl/N-ethyl adjacent to an activating group) is 1. The molecule has 1 saturated heterocycles. The van der Waals surface area contributed by atoms with Gasteiger partial charge in [-0.25, -0.2) is 9.98 Å². The van der Waals surface area contributed by atoms with Crippen LogP contribution in [0.4, 0.5) is 5.69 Å². The van der Waals surface area contributed by atoms with Gasteiger partial charge in [-0.05, 0) is 42.5 Å². The highest BCUT2D eigenvalue weighted by molar-refractivity contribution is 8.18. The van der Waals surface area contributed by atoms with Gasteiger partial charge in [0.25, 0.3) is 5.91 Å². The van der Waals surface area contributed by atoms with Crippen molar-refractivity contribution in [1.82, 2.24) is 9.88 Å². The van der Waals surface area contributed by atoms with Crippen LogP contribution in [0, 0.1) is 0 Å². The molecule has 4 nitrogen and oxygen atoms in total. The Morgan fingerprint density at radius 3 is 2.74 bits per heavy atom. The lowest BCUT2D eigenvalue weighted by molar-refractivity contribution is -0.122. The van der Waals surface area contributed by atoms with Gasteiger partial charge in [-0.2, -0.15) is 0 Å². The van der Waals surface area contributed by atoms with Crippen LogP contribution < -0.4 is 0 Å². The molecule has 1 aliphatic heterocycles. The summed E-state index contributed by atoms with van der Waals surface area (Å²) in [5.41, 5.74) is 1.55. The summed E-state index contributed by atoms with van der Waals surface area (Å²) in [4.78, 5) is 23.3. The maximum Gasteiger partial charge on any atom is 0.266 e. The summed E-state index contributed by atoms with van der Waals surface area (Å²) >= 11 is 7.40. The molecule has 3 rings (SSSR count). The molecule has 1 aromatic carbocycles. The Kier molecular flexibility index (Phi) is 4.79. The Hall–Kier alpha value is -2.11. The molecule has 0 bridgehead atoms. The lowest BCUT2D eigenvalue weighted by Gasteiger charge is -2.12. The monoisotopic (exact) mass is 343 g/mol. The van der Waals surface area contributed by atoms with Gasteiger partial charge in [0.05, 0.1) is 4.91 Å². The van der Waals surface area contributed by atoms with Gasteiger partial charge in [-0.15, -0.1) is 0 Å². The summed E-state index contributed by atoms with van der Waals surface area (Å²) in [6, 6.07) is 13.3. The molecule has 0 N–H and O–H groups in total. The number of hydrogen-bond donors (Lipinski definition) is 0. The number of amides is 1. The predicted molar refractivity (Wildman–Crippen MR) is 95.7 cm³/mol. The zero-order valence-electron chi connectivity index (χ0n) is 12.4. The van der Waals surface area contributed by atoms with Gasteiger partial charge < -0.3 is 0 Å². The summed E-state index contributed by atoms with van der Waals surface area (Å²) in [5.74, 6) is -0.0416. The van der Waals surface area contributed by atoms with Crippen LogP contribution in [0.3, 0.4) is 0 Å². The number of aliphatic imine (C=N–C) groups is 1. The van der Waals surface area contributed by atoms with E-state index in [-0.39, 0.29) is 5.91 Å². The van der Waals surface area contributed by atoms with E-state index in [9.17, 15) is 4.79 Å². The van der Waals surface area contributed by atoms with Gasteiger partial charge in [-0.1, -0.05) is 41.9 Å². The molecule has 1 amide bonds. The average molecular weight is 344 g/mol. The number of amidine groups is 1. The van der Waals surface area contributed by atoms with Crippen molar-refractivity contribution < 1.29 is 4.79 Å². The normalized spacial score (nSPS) is 18.2. The summed E-state index contributed by atoms with van der Waals surface area (Å²) in [5, 5.41) is 0.944. The summed E-state index contributed by atoms with van der Waals surface area (Å²) in [7, 11) is 0. The molecule has 1 aliphatic rings. The number of thioether (sulfide) groups is 1. The van der Waals surface area contributed by atoms with Crippen molar-refractivity contribution in [2.75, 3.05) is 6.54 Å². The van der Waals surface area contributed by atoms with Crippen LogP contribution in [0.25, 0.3) is 6.08 Å². The molecule has 1 fully saturated rings. The summed E-state index contributed by atoms with van der Waals surface area (Å²) in [6.45, 7) is 2.47. The minimum Gasteiger partial charge on any atom is -0.287 e. The first-order valence-electron chi connectivity index (χ1n) is 7.14. The first-order valence-corrected chi connectivity index (χ1v) is 8.34. The van der Waals surface area contributed by atoms with E-state index >= 15 is 0 Å². The minimum atomic E-state index is -0.0416. The van der Waals surface area contributed by atoms with Crippen LogP contribution in [0.2, 0.25) is 5.15 Å². The van der Waals surface area contributed by atoms with Crippen molar-refractivity contribution in [2.45, 2.75) is 6.92 Å². The number of nitrogens with zero attached hydrogens (tertiary/aromatic N) is 3. The van der Waals surface area contributed by atoms with Gasteiger partial charge >= 0.3 is 0 Å². The smallest absolute Gasteiger partial charge is 0.266 e. The Labute approximate surface area is 143 Å². The minimum absolute atomic E-state index is 0.0416. The van der Waals surface area contributed by atoms with Crippen molar-refractivity contribution >= 4 is 46.2 Å². The van der Waals surface area contributed by atoms with Crippen LogP contribution in [0.5, 0.6) is 0 Å². The largest absolute Gasteiger partial charge is 0.287 e. The molecule has 116 valence electrons. The van der Waals surface area contributed by atoms with Gasteiger partial charge in [0.1, 0.15) is 5.69 Å². The van der Waals surface area contributed by atoms with Crippen molar-refractivity contribution in [1.29, 1.82) is 0 Å². The molecule has 2 heterocycles. The van der Waals surface area contributed by atoms with Crippen LogP contribution in [0.15, 0.2) is 58.6 Å². The highest BCUT2D eigenvalue weighted by atomic mass is 35.5. The maximum atomic E-state index is 12.5. The van der Waals surface area contributed by atoms with Crippen molar-refractivity contribution in [3.8, 4) is 0 Å². The first kappa shape index (κ1) is 15.8. The third-order valence-corrected chi connectivity index (χ3v) is 4.55. The average Bonchev–Trinajstić information content (AvgIpc) is 2.85. The molecule has 23 heavy (non-hydrogen) atoms. The molecule has 6 heteroatoms. The highest BCUT2D eigenvalue weighted by Crippen LogP contribution is 2.34. The second kappa shape index (κ2) is 6.98. The van der Waals surface area contributed by atoms with E-state index in [1.54, 1.807) is 23.2 Å². The van der Waals surface area contributed by atoms with Crippen molar-refractivity contribution in [2.24, 2.45) is 4.99 Å².